The Morgan fingerprint density at radius 3 is 2.26 bits per heavy atom. The SMILES string of the molecule is CC(=O)C(N=Nc1ccccc1C(F)(F)F)=C(C)O. The van der Waals surface area contributed by atoms with E-state index < -0.39 is 29.0 Å². The number of benzene rings is 1. The molecule has 0 aliphatic rings. The predicted octanol–water partition coefficient (Wildman–Crippen LogP) is 4.17. The van der Waals surface area contributed by atoms with Crippen LogP contribution >= 0.6 is 0 Å². The Balaban J connectivity index is 3.21. The molecule has 19 heavy (non-hydrogen) atoms. The first-order valence-electron chi connectivity index (χ1n) is 5.22. The molecular formula is C12H11F3N2O2. The summed E-state index contributed by atoms with van der Waals surface area (Å²) in [6.45, 7) is 2.33. The van der Waals surface area contributed by atoms with Crippen LogP contribution in [-0.2, 0) is 11.0 Å². The second-order valence-corrected chi connectivity index (χ2v) is 3.71. The smallest absolute Gasteiger partial charge is 0.418 e. The lowest BCUT2D eigenvalue weighted by atomic mass is 10.2. The summed E-state index contributed by atoms with van der Waals surface area (Å²) in [4.78, 5) is 11.1. The highest BCUT2D eigenvalue weighted by Crippen LogP contribution is 2.36. The molecule has 0 atom stereocenters. The number of carbonyl (C=O) groups is 1. The Morgan fingerprint density at radius 1 is 1.21 bits per heavy atom. The number of azo groups is 1. The molecule has 0 spiro atoms. The topological polar surface area (TPSA) is 62.0 Å². The highest BCUT2D eigenvalue weighted by Gasteiger charge is 2.33. The van der Waals surface area contributed by atoms with Gasteiger partial charge in [-0.05, 0) is 19.1 Å². The van der Waals surface area contributed by atoms with Gasteiger partial charge in [-0.1, -0.05) is 12.1 Å². The van der Waals surface area contributed by atoms with Crippen LogP contribution in [0.25, 0.3) is 0 Å². The van der Waals surface area contributed by atoms with Crippen LogP contribution in [0.1, 0.15) is 19.4 Å². The quantitative estimate of drug-likeness (QED) is 0.510. The molecule has 0 bridgehead atoms. The van der Waals surface area contributed by atoms with Crippen molar-refractivity contribution >= 4 is 11.5 Å². The molecule has 0 radical (unpaired) electrons. The van der Waals surface area contributed by atoms with Crippen LogP contribution < -0.4 is 0 Å². The van der Waals surface area contributed by atoms with Gasteiger partial charge in [-0.25, -0.2) is 0 Å². The normalized spacial score (nSPS) is 13.5. The number of allylic oxidation sites excluding steroid dienone is 2. The maximum absolute atomic E-state index is 12.7. The molecule has 0 aromatic heterocycles. The van der Waals surface area contributed by atoms with Crippen LogP contribution in [0.5, 0.6) is 0 Å². The van der Waals surface area contributed by atoms with Gasteiger partial charge < -0.3 is 5.11 Å². The van der Waals surface area contributed by atoms with E-state index in [0.29, 0.717) is 0 Å². The van der Waals surface area contributed by atoms with E-state index in [1.54, 1.807) is 0 Å². The van der Waals surface area contributed by atoms with Crippen molar-refractivity contribution in [2.24, 2.45) is 10.2 Å². The fourth-order valence-corrected chi connectivity index (χ4v) is 1.30. The number of carbonyl (C=O) groups excluding carboxylic acids is 1. The highest BCUT2D eigenvalue weighted by atomic mass is 19.4. The average molecular weight is 272 g/mol. The molecule has 1 N–H and O–H groups in total. The number of halogens is 3. The molecule has 1 aromatic carbocycles. The van der Waals surface area contributed by atoms with Gasteiger partial charge in [0.05, 0.1) is 11.3 Å². The summed E-state index contributed by atoms with van der Waals surface area (Å²) in [6, 6.07) is 4.57. The number of Topliss-reactive ketones (excluding diaryl/α,β-unsaturated/α-hetero) is 1. The molecule has 0 heterocycles. The van der Waals surface area contributed by atoms with Crippen LogP contribution in [0.2, 0.25) is 0 Å². The third-order valence-electron chi connectivity index (χ3n) is 2.14. The molecular weight excluding hydrogens is 261 g/mol. The number of aliphatic hydroxyl groups excluding tert-OH is 1. The molecule has 0 unspecified atom stereocenters. The maximum Gasteiger partial charge on any atom is 0.418 e. The zero-order chi connectivity index (χ0) is 14.6. The van der Waals surface area contributed by atoms with Crippen molar-refractivity contribution in [2.75, 3.05) is 0 Å². The molecule has 0 fully saturated rings. The largest absolute Gasteiger partial charge is 0.510 e. The van der Waals surface area contributed by atoms with Crippen molar-refractivity contribution in [1.82, 2.24) is 0 Å². The fourth-order valence-electron chi connectivity index (χ4n) is 1.30. The summed E-state index contributed by atoms with van der Waals surface area (Å²) in [5, 5.41) is 15.9. The molecule has 4 nitrogen and oxygen atoms in total. The molecule has 7 heteroatoms. The molecule has 0 amide bonds. The number of hydrogen-bond acceptors (Lipinski definition) is 4. The van der Waals surface area contributed by atoms with Crippen molar-refractivity contribution in [1.29, 1.82) is 0 Å². The number of rotatable bonds is 3. The second kappa shape index (κ2) is 5.64. The molecule has 0 saturated carbocycles. The number of aliphatic hydroxyl groups is 1. The van der Waals surface area contributed by atoms with Gasteiger partial charge in [0.25, 0.3) is 0 Å². The third kappa shape index (κ3) is 3.90. The van der Waals surface area contributed by atoms with Gasteiger partial charge in [-0.15, -0.1) is 10.2 Å². The van der Waals surface area contributed by atoms with Gasteiger partial charge in [0.1, 0.15) is 5.76 Å². The first-order chi connectivity index (χ1) is 8.73. The minimum atomic E-state index is -4.57. The van der Waals surface area contributed by atoms with Crippen molar-refractivity contribution in [2.45, 2.75) is 20.0 Å². The molecule has 0 aliphatic carbocycles. The van der Waals surface area contributed by atoms with E-state index in [0.717, 1.165) is 19.1 Å². The summed E-state index contributed by atoms with van der Waals surface area (Å²) in [5.74, 6) is -0.992. The van der Waals surface area contributed by atoms with Gasteiger partial charge in [0.15, 0.2) is 11.5 Å². The zero-order valence-corrected chi connectivity index (χ0v) is 10.2. The van der Waals surface area contributed by atoms with Gasteiger partial charge in [0.2, 0.25) is 0 Å². The Labute approximate surface area is 107 Å². The number of ketones is 1. The fraction of sp³-hybridized carbons (Fsp3) is 0.250. The van der Waals surface area contributed by atoms with Gasteiger partial charge in [-0.3, -0.25) is 4.79 Å². The van der Waals surface area contributed by atoms with Crippen LogP contribution in [-0.4, -0.2) is 10.9 Å². The van der Waals surface area contributed by atoms with E-state index in [1.807, 2.05) is 0 Å². The van der Waals surface area contributed by atoms with Crippen LogP contribution in [0.15, 0.2) is 46.0 Å². The van der Waals surface area contributed by atoms with E-state index >= 15 is 0 Å². The van der Waals surface area contributed by atoms with Crippen molar-refractivity contribution < 1.29 is 23.1 Å². The van der Waals surface area contributed by atoms with Crippen molar-refractivity contribution in [3.8, 4) is 0 Å². The Bertz CT molecular complexity index is 544. The van der Waals surface area contributed by atoms with Gasteiger partial charge in [0, 0.05) is 6.92 Å². The molecule has 102 valence electrons. The van der Waals surface area contributed by atoms with E-state index in [-0.39, 0.29) is 5.70 Å². The van der Waals surface area contributed by atoms with E-state index in [1.165, 1.54) is 19.1 Å². The lowest BCUT2D eigenvalue weighted by Gasteiger charge is -2.08. The number of hydrogen-bond donors (Lipinski definition) is 1. The Morgan fingerprint density at radius 2 is 1.79 bits per heavy atom. The predicted molar refractivity (Wildman–Crippen MR) is 62.0 cm³/mol. The van der Waals surface area contributed by atoms with E-state index in [2.05, 4.69) is 10.2 Å². The average Bonchev–Trinajstić information content (AvgIpc) is 2.27. The lowest BCUT2D eigenvalue weighted by Crippen LogP contribution is -2.04. The first-order valence-corrected chi connectivity index (χ1v) is 5.22. The molecule has 0 saturated heterocycles. The summed E-state index contributed by atoms with van der Waals surface area (Å²) < 4.78 is 38.0. The molecule has 0 aliphatic heterocycles. The standard InChI is InChI=1S/C12H11F3N2O2/c1-7(18)11(8(2)19)17-16-10-6-4-3-5-9(10)12(13,14)15/h3-6,18H,1-2H3. The van der Waals surface area contributed by atoms with Crippen molar-refractivity contribution in [3.05, 3.63) is 41.3 Å². The second-order valence-electron chi connectivity index (χ2n) is 3.71. The van der Waals surface area contributed by atoms with Crippen molar-refractivity contribution in [3.63, 3.8) is 0 Å². The Kier molecular flexibility index (Phi) is 4.42. The zero-order valence-electron chi connectivity index (χ0n) is 10.2. The monoisotopic (exact) mass is 272 g/mol. The van der Waals surface area contributed by atoms with Crippen LogP contribution in [0.4, 0.5) is 18.9 Å². The minimum absolute atomic E-state index is 0.378. The maximum atomic E-state index is 12.7. The van der Waals surface area contributed by atoms with E-state index in [4.69, 9.17) is 0 Å². The van der Waals surface area contributed by atoms with Crippen LogP contribution in [0.3, 0.4) is 0 Å². The van der Waals surface area contributed by atoms with Gasteiger partial charge in [-0.2, -0.15) is 13.2 Å². The lowest BCUT2D eigenvalue weighted by molar-refractivity contribution is -0.137. The molecule has 1 aromatic rings. The van der Waals surface area contributed by atoms with Gasteiger partial charge >= 0.3 is 6.18 Å². The minimum Gasteiger partial charge on any atom is -0.510 e. The van der Waals surface area contributed by atoms with Crippen LogP contribution in [0, 0.1) is 0 Å². The summed E-state index contributed by atoms with van der Waals surface area (Å²) >= 11 is 0. The third-order valence-corrected chi connectivity index (χ3v) is 2.14. The highest BCUT2D eigenvalue weighted by molar-refractivity contribution is 5.93. The Hall–Kier alpha value is -2.18. The summed E-state index contributed by atoms with van der Waals surface area (Å²) in [5.41, 5.74) is -1.76. The van der Waals surface area contributed by atoms with E-state index in [9.17, 15) is 23.1 Å². The molecule has 1 rings (SSSR count). The first kappa shape index (κ1) is 14.9. The number of alkyl halides is 3. The number of nitrogens with zero attached hydrogens (tertiary/aromatic N) is 2. The summed E-state index contributed by atoms with van der Waals surface area (Å²) in [7, 11) is 0. The summed E-state index contributed by atoms with van der Waals surface area (Å²) in [6.07, 6.45) is -4.57.